The monoisotopic (exact) mass is 481 g/mol. The number of aromatic nitrogens is 3. The highest BCUT2D eigenvalue weighted by Gasteiger charge is 2.35. The summed E-state index contributed by atoms with van der Waals surface area (Å²) in [6.45, 7) is 0. The Labute approximate surface area is 209 Å². The van der Waals surface area contributed by atoms with Crippen molar-refractivity contribution in [3.63, 3.8) is 0 Å². The van der Waals surface area contributed by atoms with Gasteiger partial charge in [0.25, 0.3) is 5.91 Å². The number of hydrogen-bond donors (Lipinski definition) is 2. The van der Waals surface area contributed by atoms with Gasteiger partial charge in [0.2, 0.25) is 5.91 Å². The molecule has 1 fully saturated rings. The lowest BCUT2D eigenvalue weighted by Crippen LogP contribution is -2.47. The van der Waals surface area contributed by atoms with Crippen molar-refractivity contribution in [1.82, 2.24) is 20.3 Å². The second-order valence-electron chi connectivity index (χ2n) is 8.99. The molecule has 0 aliphatic heterocycles. The maximum atomic E-state index is 13.9. The van der Waals surface area contributed by atoms with Gasteiger partial charge in [0, 0.05) is 23.8 Å². The fourth-order valence-corrected chi connectivity index (χ4v) is 4.71. The van der Waals surface area contributed by atoms with Crippen molar-refractivity contribution in [3.8, 4) is 5.75 Å². The number of para-hydroxylation sites is 1. The smallest absolute Gasteiger partial charge is 0.279 e. The molecule has 36 heavy (non-hydrogen) atoms. The summed E-state index contributed by atoms with van der Waals surface area (Å²) in [4.78, 5) is 42.0. The summed E-state index contributed by atoms with van der Waals surface area (Å²) in [5.74, 6) is -0.695. The molecule has 5 rings (SSSR count). The van der Waals surface area contributed by atoms with Gasteiger partial charge in [0.15, 0.2) is 0 Å². The lowest BCUT2D eigenvalue weighted by Gasteiger charge is -2.33. The molecule has 1 atom stereocenters. The molecule has 4 aromatic rings. The predicted octanol–water partition coefficient (Wildman–Crippen LogP) is 4.57. The summed E-state index contributed by atoms with van der Waals surface area (Å²) in [7, 11) is 0. The molecule has 2 aromatic heterocycles. The number of rotatable bonds is 6. The van der Waals surface area contributed by atoms with Crippen LogP contribution in [0.3, 0.4) is 0 Å². The molecule has 2 amide bonds. The number of anilines is 1. The standard InChI is InChI=1S/C28H27N5O3/c34-23-12-10-19(11-13-23)26(27(35)32-21-7-2-1-3-8-21)33(28(36)25-18-29-14-15-30-25)22-16-20-6-4-5-9-24(20)31-17-22/h4-6,9-18,21,26,34H,1-3,7-8H2,(H,32,35). The highest BCUT2D eigenvalue weighted by Crippen LogP contribution is 2.32. The van der Waals surface area contributed by atoms with Crippen molar-refractivity contribution >= 4 is 28.4 Å². The van der Waals surface area contributed by atoms with E-state index in [1.54, 1.807) is 18.3 Å². The number of hydrogen-bond acceptors (Lipinski definition) is 6. The van der Waals surface area contributed by atoms with E-state index in [2.05, 4.69) is 20.3 Å². The number of benzene rings is 2. The Morgan fingerprint density at radius 1 is 0.944 bits per heavy atom. The lowest BCUT2D eigenvalue weighted by molar-refractivity contribution is -0.123. The third kappa shape index (κ3) is 5.02. The first-order valence-electron chi connectivity index (χ1n) is 12.1. The molecule has 2 aromatic carbocycles. The zero-order valence-corrected chi connectivity index (χ0v) is 19.7. The van der Waals surface area contributed by atoms with Gasteiger partial charge in [-0.25, -0.2) is 4.98 Å². The van der Waals surface area contributed by atoms with E-state index < -0.39 is 11.9 Å². The Morgan fingerprint density at radius 2 is 1.72 bits per heavy atom. The van der Waals surface area contributed by atoms with Crippen LogP contribution in [0.2, 0.25) is 0 Å². The van der Waals surface area contributed by atoms with Crippen LogP contribution in [0.25, 0.3) is 10.9 Å². The van der Waals surface area contributed by atoms with E-state index in [1.807, 2.05) is 30.3 Å². The SMILES string of the molecule is O=C(NC1CCCCC1)C(c1ccc(O)cc1)N(C(=O)c1cnccn1)c1cnc2ccccc2c1. The topological polar surface area (TPSA) is 108 Å². The first-order valence-corrected chi connectivity index (χ1v) is 12.1. The summed E-state index contributed by atoms with van der Waals surface area (Å²) < 4.78 is 0. The summed E-state index contributed by atoms with van der Waals surface area (Å²) in [5, 5.41) is 13.9. The second-order valence-corrected chi connectivity index (χ2v) is 8.99. The van der Waals surface area contributed by atoms with E-state index in [-0.39, 0.29) is 23.4 Å². The fraction of sp³-hybridized carbons (Fsp3) is 0.250. The number of aromatic hydroxyl groups is 1. The Balaban J connectivity index is 1.63. The molecule has 8 nitrogen and oxygen atoms in total. The van der Waals surface area contributed by atoms with Gasteiger partial charge in [-0.15, -0.1) is 0 Å². The minimum Gasteiger partial charge on any atom is -0.508 e. The molecule has 1 aliphatic carbocycles. The van der Waals surface area contributed by atoms with Crippen molar-refractivity contribution < 1.29 is 14.7 Å². The van der Waals surface area contributed by atoms with Crippen LogP contribution in [0.1, 0.15) is 54.2 Å². The van der Waals surface area contributed by atoms with Gasteiger partial charge in [-0.05, 0) is 42.7 Å². The summed E-state index contributed by atoms with van der Waals surface area (Å²) in [5.41, 5.74) is 1.91. The first-order chi connectivity index (χ1) is 17.6. The normalized spacial score (nSPS) is 14.8. The Morgan fingerprint density at radius 3 is 2.47 bits per heavy atom. The molecule has 8 heteroatoms. The molecular weight excluding hydrogens is 454 g/mol. The van der Waals surface area contributed by atoms with Gasteiger partial charge in [0.1, 0.15) is 17.5 Å². The highest BCUT2D eigenvalue weighted by molar-refractivity contribution is 6.09. The number of fused-ring (bicyclic) bond motifs is 1. The summed E-state index contributed by atoms with van der Waals surface area (Å²) in [6.07, 6.45) is 11.0. The Bertz CT molecular complexity index is 1350. The number of amides is 2. The third-order valence-corrected chi connectivity index (χ3v) is 6.52. The minimum atomic E-state index is -1.01. The molecule has 0 saturated heterocycles. The van der Waals surface area contributed by atoms with Crippen LogP contribution in [0.5, 0.6) is 5.75 Å². The molecule has 0 radical (unpaired) electrons. The molecule has 1 saturated carbocycles. The zero-order chi connectivity index (χ0) is 24.9. The second kappa shape index (κ2) is 10.5. The van der Waals surface area contributed by atoms with Crippen LogP contribution >= 0.6 is 0 Å². The number of phenols is 1. The van der Waals surface area contributed by atoms with Crippen LogP contribution in [0.4, 0.5) is 5.69 Å². The predicted molar refractivity (Wildman–Crippen MR) is 136 cm³/mol. The van der Waals surface area contributed by atoms with E-state index in [9.17, 15) is 14.7 Å². The largest absolute Gasteiger partial charge is 0.508 e. The molecule has 182 valence electrons. The fourth-order valence-electron chi connectivity index (χ4n) is 4.71. The average Bonchev–Trinajstić information content (AvgIpc) is 2.93. The van der Waals surface area contributed by atoms with E-state index >= 15 is 0 Å². The van der Waals surface area contributed by atoms with Crippen molar-refractivity contribution in [3.05, 3.63) is 90.6 Å². The maximum Gasteiger partial charge on any atom is 0.279 e. The highest BCUT2D eigenvalue weighted by atomic mass is 16.3. The Kier molecular flexibility index (Phi) is 6.84. The van der Waals surface area contributed by atoms with Gasteiger partial charge < -0.3 is 10.4 Å². The van der Waals surface area contributed by atoms with Crippen LogP contribution < -0.4 is 10.2 Å². The van der Waals surface area contributed by atoms with Gasteiger partial charge in [-0.3, -0.25) is 24.5 Å². The van der Waals surface area contributed by atoms with Gasteiger partial charge in [-0.1, -0.05) is 49.6 Å². The van der Waals surface area contributed by atoms with Gasteiger partial charge in [-0.2, -0.15) is 0 Å². The summed E-state index contributed by atoms with van der Waals surface area (Å²) >= 11 is 0. The maximum absolute atomic E-state index is 13.9. The van der Waals surface area contributed by atoms with Crippen LogP contribution in [-0.2, 0) is 4.79 Å². The number of carbonyl (C=O) groups excluding carboxylic acids is 2. The number of nitrogens with zero attached hydrogens (tertiary/aromatic N) is 4. The van der Waals surface area contributed by atoms with E-state index in [4.69, 9.17) is 0 Å². The molecule has 1 aliphatic rings. The van der Waals surface area contributed by atoms with Gasteiger partial charge >= 0.3 is 0 Å². The molecular formula is C28H27N5O3. The van der Waals surface area contributed by atoms with Crippen molar-refractivity contribution in [2.24, 2.45) is 0 Å². The number of pyridine rings is 1. The van der Waals surface area contributed by atoms with Gasteiger partial charge in [0.05, 0.1) is 23.6 Å². The number of phenolic OH excluding ortho intramolecular Hbond substituents is 1. The van der Waals surface area contributed by atoms with Crippen LogP contribution in [0, 0.1) is 0 Å². The van der Waals surface area contributed by atoms with Crippen LogP contribution in [0.15, 0.2) is 79.4 Å². The van der Waals surface area contributed by atoms with Crippen LogP contribution in [-0.4, -0.2) is 37.9 Å². The van der Waals surface area contributed by atoms with Crippen molar-refractivity contribution in [2.45, 2.75) is 44.2 Å². The van der Waals surface area contributed by atoms with Crippen molar-refractivity contribution in [2.75, 3.05) is 4.90 Å². The molecule has 0 spiro atoms. The zero-order valence-electron chi connectivity index (χ0n) is 19.7. The third-order valence-electron chi connectivity index (χ3n) is 6.52. The average molecular weight is 482 g/mol. The summed E-state index contributed by atoms with van der Waals surface area (Å²) in [6, 6.07) is 14.8. The van der Waals surface area contributed by atoms with E-state index in [0.29, 0.717) is 11.3 Å². The van der Waals surface area contributed by atoms with E-state index in [0.717, 1.165) is 43.0 Å². The molecule has 2 heterocycles. The van der Waals surface area contributed by atoms with E-state index in [1.165, 1.54) is 35.6 Å². The molecule has 1 unspecified atom stereocenters. The number of nitrogens with one attached hydrogen (secondary N) is 1. The molecule has 2 N–H and O–H groups in total. The lowest BCUT2D eigenvalue weighted by atomic mass is 9.94. The molecule has 0 bridgehead atoms. The minimum absolute atomic E-state index is 0.0501. The quantitative estimate of drug-likeness (QED) is 0.418. The Hall–Kier alpha value is -4.33. The van der Waals surface area contributed by atoms with Crippen molar-refractivity contribution in [1.29, 1.82) is 0 Å². The first kappa shape index (κ1) is 23.4. The number of carbonyl (C=O) groups is 2.